The standard InChI is InChI=1S/C16H22N2O/c1-11(2)16(19)18-8-7-13-9-15(17-12(3)4)6-5-14(13)10-18/h5-6,9,12,17H,1,7-8,10H2,2-4H3. The minimum atomic E-state index is 0.0648. The molecule has 1 heterocycles. The van der Waals surface area contributed by atoms with Crippen molar-refractivity contribution in [1.82, 2.24) is 4.90 Å². The number of carbonyl (C=O) groups is 1. The molecule has 0 radical (unpaired) electrons. The Kier molecular flexibility index (Phi) is 3.93. The van der Waals surface area contributed by atoms with Crippen LogP contribution in [0.1, 0.15) is 31.9 Å². The summed E-state index contributed by atoms with van der Waals surface area (Å²) in [5.41, 5.74) is 4.36. The van der Waals surface area contributed by atoms with Gasteiger partial charge in [-0.15, -0.1) is 0 Å². The van der Waals surface area contributed by atoms with E-state index in [1.807, 2.05) is 4.90 Å². The van der Waals surface area contributed by atoms with Crippen LogP contribution in [0.3, 0.4) is 0 Å². The van der Waals surface area contributed by atoms with Crippen LogP contribution in [0.25, 0.3) is 0 Å². The summed E-state index contributed by atoms with van der Waals surface area (Å²) in [5, 5.41) is 3.41. The van der Waals surface area contributed by atoms with Crippen molar-refractivity contribution < 1.29 is 4.79 Å². The molecule has 1 aliphatic rings. The summed E-state index contributed by atoms with van der Waals surface area (Å²) in [7, 11) is 0. The summed E-state index contributed by atoms with van der Waals surface area (Å²) >= 11 is 0. The Morgan fingerprint density at radius 2 is 2.11 bits per heavy atom. The van der Waals surface area contributed by atoms with E-state index in [4.69, 9.17) is 0 Å². The van der Waals surface area contributed by atoms with Crippen molar-refractivity contribution >= 4 is 11.6 Å². The number of amides is 1. The van der Waals surface area contributed by atoms with Crippen molar-refractivity contribution in [2.24, 2.45) is 0 Å². The molecule has 0 aliphatic carbocycles. The lowest BCUT2D eigenvalue weighted by atomic mass is 9.98. The van der Waals surface area contributed by atoms with Crippen molar-refractivity contribution in [2.45, 2.75) is 39.8 Å². The van der Waals surface area contributed by atoms with Gasteiger partial charge in [-0.1, -0.05) is 12.6 Å². The molecular formula is C16H22N2O. The Balaban J connectivity index is 2.14. The number of carbonyl (C=O) groups excluding carboxylic acids is 1. The number of anilines is 1. The molecule has 1 aliphatic heterocycles. The topological polar surface area (TPSA) is 32.3 Å². The van der Waals surface area contributed by atoms with E-state index in [2.05, 4.69) is 43.9 Å². The highest BCUT2D eigenvalue weighted by Crippen LogP contribution is 2.23. The van der Waals surface area contributed by atoms with Gasteiger partial charge >= 0.3 is 0 Å². The van der Waals surface area contributed by atoms with Gasteiger partial charge in [0.25, 0.3) is 0 Å². The molecule has 0 atom stereocenters. The molecular weight excluding hydrogens is 236 g/mol. The first-order valence-electron chi connectivity index (χ1n) is 6.80. The highest BCUT2D eigenvalue weighted by Gasteiger charge is 2.21. The smallest absolute Gasteiger partial charge is 0.249 e. The number of rotatable bonds is 3. The second kappa shape index (κ2) is 5.47. The molecule has 3 heteroatoms. The third-order valence-electron chi connectivity index (χ3n) is 3.33. The summed E-state index contributed by atoms with van der Waals surface area (Å²) in [6.45, 7) is 11.2. The van der Waals surface area contributed by atoms with Gasteiger partial charge in [-0.3, -0.25) is 4.79 Å². The number of nitrogens with zero attached hydrogens (tertiary/aromatic N) is 1. The van der Waals surface area contributed by atoms with Crippen LogP contribution in [0, 0.1) is 0 Å². The minimum Gasteiger partial charge on any atom is -0.383 e. The van der Waals surface area contributed by atoms with Gasteiger partial charge in [-0.2, -0.15) is 0 Å². The number of hydrogen-bond donors (Lipinski definition) is 1. The molecule has 1 N–H and O–H groups in total. The van der Waals surface area contributed by atoms with Crippen LogP contribution in [-0.4, -0.2) is 23.4 Å². The molecule has 0 bridgehead atoms. The molecule has 1 aromatic carbocycles. The van der Waals surface area contributed by atoms with Gasteiger partial charge in [-0.05, 0) is 50.5 Å². The van der Waals surface area contributed by atoms with E-state index in [1.54, 1.807) is 6.92 Å². The number of hydrogen-bond acceptors (Lipinski definition) is 2. The summed E-state index contributed by atoms with van der Waals surface area (Å²) in [4.78, 5) is 13.8. The van der Waals surface area contributed by atoms with Crippen LogP contribution in [0.4, 0.5) is 5.69 Å². The van der Waals surface area contributed by atoms with Crippen LogP contribution in [0.2, 0.25) is 0 Å². The van der Waals surface area contributed by atoms with Crippen LogP contribution in [-0.2, 0) is 17.8 Å². The third-order valence-corrected chi connectivity index (χ3v) is 3.33. The fourth-order valence-electron chi connectivity index (χ4n) is 2.42. The summed E-state index contributed by atoms with van der Waals surface area (Å²) < 4.78 is 0. The molecule has 102 valence electrons. The van der Waals surface area contributed by atoms with Gasteiger partial charge in [0.2, 0.25) is 5.91 Å². The first-order chi connectivity index (χ1) is 8.97. The van der Waals surface area contributed by atoms with E-state index in [9.17, 15) is 4.79 Å². The zero-order valence-corrected chi connectivity index (χ0v) is 12.0. The molecule has 0 saturated carbocycles. The number of nitrogens with one attached hydrogen (secondary N) is 1. The van der Waals surface area contributed by atoms with Crippen LogP contribution >= 0.6 is 0 Å². The molecule has 0 saturated heterocycles. The highest BCUT2D eigenvalue weighted by molar-refractivity contribution is 5.92. The first-order valence-corrected chi connectivity index (χ1v) is 6.80. The van der Waals surface area contributed by atoms with Gasteiger partial charge < -0.3 is 10.2 Å². The van der Waals surface area contributed by atoms with E-state index in [-0.39, 0.29) is 5.91 Å². The van der Waals surface area contributed by atoms with Gasteiger partial charge in [0.05, 0.1) is 0 Å². The van der Waals surface area contributed by atoms with Crippen molar-refractivity contribution in [3.63, 3.8) is 0 Å². The Labute approximate surface area is 115 Å². The maximum atomic E-state index is 11.9. The lowest BCUT2D eigenvalue weighted by molar-refractivity contribution is -0.127. The molecule has 1 amide bonds. The van der Waals surface area contributed by atoms with Gasteiger partial charge in [0, 0.05) is 30.4 Å². The molecule has 0 aromatic heterocycles. The SMILES string of the molecule is C=C(C)C(=O)N1CCc2cc(NC(C)C)ccc2C1. The molecule has 19 heavy (non-hydrogen) atoms. The van der Waals surface area contributed by atoms with Crippen LogP contribution in [0.15, 0.2) is 30.4 Å². The zero-order chi connectivity index (χ0) is 14.0. The Hall–Kier alpha value is -1.77. The average Bonchev–Trinajstić information content (AvgIpc) is 2.36. The summed E-state index contributed by atoms with van der Waals surface area (Å²) in [6, 6.07) is 6.85. The number of benzene rings is 1. The molecule has 0 spiro atoms. The maximum absolute atomic E-state index is 11.9. The third kappa shape index (κ3) is 3.16. The predicted octanol–water partition coefficient (Wildman–Crippen LogP) is 2.97. The predicted molar refractivity (Wildman–Crippen MR) is 79.1 cm³/mol. The summed E-state index contributed by atoms with van der Waals surface area (Å²) in [5.74, 6) is 0.0648. The van der Waals surface area contributed by atoms with Crippen LogP contribution in [0.5, 0.6) is 0 Å². The second-order valence-corrected chi connectivity index (χ2v) is 5.54. The van der Waals surface area contributed by atoms with Gasteiger partial charge in [0.1, 0.15) is 0 Å². The summed E-state index contributed by atoms with van der Waals surface area (Å²) in [6.07, 6.45) is 0.919. The van der Waals surface area contributed by atoms with E-state index >= 15 is 0 Å². The molecule has 3 nitrogen and oxygen atoms in total. The normalized spacial score (nSPS) is 14.2. The van der Waals surface area contributed by atoms with Crippen molar-refractivity contribution in [2.75, 3.05) is 11.9 Å². The van der Waals surface area contributed by atoms with Crippen LogP contribution < -0.4 is 5.32 Å². The van der Waals surface area contributed by atoms with Gasteiger partial charge in [0.15, 0.2) is 0 Å². The quantitative estimate of drug-likeness (QED) is 0.845. The van der Waals surface area contributed by atoms with Gasteiger partial charge in [-0.25, -0.2) is 0 Å². The fourth-order valence-corrected chi connectivity index (χ4v) is 2.42. The highest BCUT2D eigenvalue weighted by atomic mass is 16.2. The Bertz CT molecular complexity index is 505. The second-order valence-electron chi connectivity index (χ2n) is 5.54. The largest absolute Gasteiger partial charge is 0.383 e. The van der Waals surface area contributed by atoms with Crippen molar-refractivity contribution in [3.8, 4) is 0 Å². The maximum Gasteiger partial charge on any atom is 0.249 e. The lowest BCUT2D eigenvalue weighted by Crippen LogP contribution is -2.36. The van der Waals surface area contributed by atoms with Crippen molar-refractivity contribution in [3.05, 3.63) is 41.5 Å². The molecule has 0 unspecified atom stereocenters. The first kappa shape index (κ1) is 13.7. The van der Waals surface area contributed by atoms with E-state index in [0.29, 0.717) is 18.2 Å². The van der Waals surface area contributed by atoms with E-state index in [0.717, 1.165) is 18.7 Å². The molecule has 0 fully saturated rings. The van der Waals surface area contributed by atoms with E-state index in [1.165, 1.54) is 11.1 Å². The van der Waals surface area contributed by atoms with Crippen molar-refractivity contribution in [1.29, 1.82) is 0 Å². The molecule has 1 aromatic rings. The fraction of sp³-hybridized carbons (Fsp3) is 0.438. The Morgan fingerprint density at radius 1 is 1.37 bits per heavy atom. The monoisotopic (exact) mass is 258 g/mol. The van der Waals surface area contributed by atoms with E-state index < -0.39 is 0 Å². The lowest BCUT2D eigenvalue weighted by Gasteiger charge is -2.29. The average molecular weight is 258 g/mol. The zero-order valence-electron chi connectivity index (χ0n) is 12.0. The number of fused-ring (bicyclic) bond motifs is 1. The molecule has 2 rings (SSSR count). The minimum absolute atomic E-state index is 0.0648. The Morgan fingerprint density at radius 3 is 2.74 bits per heavy atom.